The van der Waals surface area contributed by atoms with Gasteiger partial charge < -0.3 is 0 Å². The zero-order valence-corrected chi connectivity index (χ0v) is 9.97. The summed E-state index contributed by atoms with van der Waals surface area (Å²) in [5.74, 6) is 0. The Labute approximate surface area is 99.8 Å². The minimum absolute atomic E-state index is 0.548. The predicted octanol–water partition coefficient (Wildman–Crippen LogP) is 3.41. The van der Waals surface area contributed by atoms with E-state index in [1.54, 1.807) is 6.07 Å². The lowest BCUT2D eigenvalue weighted by Crippen LogP contribution is -2.22. The Morgan fingerprint density at radius 3 is 2.60 bits per heavy atom. The molecule has 1 heterocycles. The first-order chi connectivity index (χ1) is 6.97. The van der Waals surface area contributed by atoms with E-state index in [1.165, 1.54) is 12.1 Å². The van der Waals surface area contributed by atoms with Gasteiger partial charge in [-0.25, -0.2) is 3.11 Å². The van der Waals surface area contributed by atoms with Gasteiger partial charge >= 0.3 is 6.18 Å². The number of alkyl halides is 3. The van der Waals surface area contributed by atoms with Gasteiger partial charge in [0, 0.05) is 36.0 Å². The maximum Gasteiger partial charge on any atom is 0.416 e. The van der Waals surface area contributed by atoms with Crippen LogP contribution >= 0.6 is 22.9 Å². The number of fused-ring (bicyclic) bond motifs is 1. The molecular formula is C10H9F3IN. The van der Waals surface area contributed by atoms with E-state index in [4.69, 9.17) is 0 Å². The SMILES string of the molecule is FC(F)(F)c1ccc2c(c1)CN(I)CC2. The number of benzene rings is 1. The molecule has 0 aromatic heterocycles. The van der Waals surface area contributed by atoms with E-state index in [9.17, 15) is 13.2 Å². The van der Waals surface area contributed by atoms with Gasteiger partial charge in [0.05, 0.1) is 5.56 Å². The third-order valence-electron chi connectivity index (χ3n) is 2.50. The molecule has 0 unspecified atom stereocenters. The van der Waals surface area contributed by atoms with Crippen LogP contribution in [0.1, 0.15) is 16.7 Å². The lowest BCUT2D eigenvalue weighted by atomic mass is 9.98. The normalized spacial score (nSPS) is 17.6. The third kappa shape index (κ3) is 2.44. The van der Waals surface area contributed by atoms with Crippen LogP contribution in [0.25, 0.3) is 0 Å². The van der Waals surface area contributed by atoms with Crippen molar-refractivity contribution < 1.29 is 13.2 Å². The molecule has 0 spiro atoms. The van der Waals surface area contributed by atoms with Crippen molar-refractivity contribution in [1.82, 2.24) is 3.11 Å². The van der Waals surface area contributed by atoms with Gasteiger partial charge in [-0.1, -0.05) is 6.07 Å². The van der Waals surface area contributed by atoms with Crippen molar-refractivity contribution in [2.75, 3.05) is 6.54 Å². The summed E-state index contributed by atoms with van der Waals surface area (Å²) in [7, 11) is 0. The second-order valence-corrected chi connectivity index (χ2v) is 4.94. The number of rotatable bonds is 0. The van der Waals surface area contributed by atoms with E-state index >= 15 is 0 Å². The van der Waals surface area contributed by atoms with E-state index in [2.05, 4.69) is 22.9 Å². The topological polar surface area (TPSA) is 3.24 Å². The van der Waals surface area contributed by atoms with Crippen LogP contribution in [0.4, 0.5) is 13.2 Å². The highest BCUT2D eigenvalue weighted by Gasteiger charge is 2.31. The van der Waals surface area contributed by atoms with E-state index in [-0.39, 0.29) is 0 Å². The average Bonchev–Trinajstić information content (AvgIpc) is 2.15. The molecule has 0 atom stereocenters. The molecule has 1 nitrogen and oxygen atoms in total. The van der Waals surface area contributed by atoms with Crippen molar-refractivity contribution >= 4 is 22.9 Å². The van der Waals surface area contributed by atoms with Gasteiger partial charge in [0.25, 0.3) is 0 Å². The highest BCUT2D eigenvalue weighted by molar-refractivity contribution is 14.1. The lowest BCUT2D eigenvalue weighted by Gasteiger charge is -2.23. The Balaban J connectivity index is 2.37. The molecule has 0 amide bonds. The molecule has 0 saturated heterocycles. The molecule has 0 aliphatic carbocycles. The number of halogens is 4. The Bertz CT molecular complexity index is 375. The lowest BCUT2D eigenvalue weighted by molar-refractivity contribution is -0.137. The van der Waals surface area contributed by atoms with E-state index in [0.29, 0.717) is 6.54 Å². The van der Waals surface area contributed by atoms with Crippen LogP contribution in [0, 0.1) is 0 Å². The minimum Gasteiger partial charge on any atom is -0.243 e. The maximum absolute atomic E-state index is 12.4. The van der Waals surface area contributed by atoms with Gasteiger partial charge in [-0.2, -0.15) is 13.2 Å². The Kier molecular flexibility index (Phi) is 2.94. The summed E-state index contributed by atoms with van der Waals surface area (Å²) in [4.78, 5) is 0. The molecule has 0 fully saturated rings. The Morgan fingerprint density at radius 2 is 1.93 bits per heavy atom. The minimum atomic E-state index is -4.23. The summed E-state index contributed by atoms with van der Waals surface area (Å²) < 4.78 is 39.3. The summed E-state index contributed by atoms with van der Waals surface area (Å²) in [6.45, 7) is 1.50. The molecule has 15 heavy (non-hydrogen) atoms. The molecule has 2 rings (SSSR count). The highest BCUT2D eigenvalue weighted by atomic mass is 127. The fourth-order valence-electron chi connectivity index (χ4n) is 1.70. The second kappa shape index (κ2) is 3.93. The first-order valence-corrected chi connectivity index (χ1v) is 5.53. The average molecular weight is 327 g/mol. The first kappa shape index (κ1) is 11.2. The highest BCUT2D eigenvalue weighted by Crippen LogP contribution is 2.32. The largest absolute Gasteiger partial charge is 0.416 e. The molecule has 1 aliphatic rings. The Hall–Kier alpha value is -0.300. The van der Waals surface area contributed by atoms with Crippen molar-refractivity contribution in [3.8, 4) is 0 Å². The van der Waals surface area contributed by atoms with Crippen LogP contribution in [0.5, 0.6) is 0 Å². The molecule has 82 valence electrons. The summed E-state index contributed by atoms with van der Waals surface area (Å²) in [5.41, 5.74) is 1.29. The van der Waals surface area contributed by atoms with Crippen molar-refractivity contribution in [1.29, 1.82) is 0 Å². The van der Waals surface area contributed by atoms with Crippen LogP contribution in [-0.4, -0.2) is 9.66 Å². The summed E-state index contributed by atoms with van der Waals surface area (Å²) in [6, 6.07) is 4.03. The number of hydrogen-bond donors (Lipinski definition) is 0. The van der Waals surface area contributed by atoms with Gasteiger partial charge in [0.1, 0.15) is 0 Å². The number of nitrogens with zero attached hydrogens (tertiary/aromatic N) is 1. The fourth-order valence-corrected chi connectivity index (χ4v) is 2.31. The smallest absolute Gasteiger partial charge is 0.243 e. The summed E-state index contributed by atoms with van der Waals surface area (Å²) in [6.07, 6.45) is -3.40. The molecule has 0 saturated carbocycles. The van der Waals surface area contributed by atoms with Crippen LogP contribution in [0.15, 0.2) is 18.2 Å². The zero-order chi connectivity index (χ0) is 11.1. The molecule has 0 bridgehead atoms. The fraction of sp³-hybridized carbons (Fsp3) is 0.400. The van der Waals surface area contributed by atoms with E-state index < -0.39 is 11.7 Å². The molecule has 1 aromatic carbocycles. The predicted molar refractivity (Wildman–Crippen MR) is 59.6 cm³/mol. The van der Waals surface area contributed by atoms with Gasteiger partial charge in [-0.15, -0.1) is 0 Å². The third-order valence-corrected chi connectivity index (χ3v) is 3.32. The van der Waals surface area contributed by atoms with Crippen LogP contribution in [0.2, 0.25) is 0 Å². The van der Waals surface area contributed by atoms with Crippen LogP contribution < -0.4 is 0 Å². The monoisotopic (exact) mass is 327 g/mol. The summed E-state index contributed by atoms with van der Waals surface area (Å²) in [5, 5.41) is 0. The molecule has 0 radical (unpaired) electrons. The molecule has 1 aromatic rings. The Morgan fingerprint density at radius 1 is 1.20 bits per heavy atom. The van der Waals surface area contributed by atoms with Crippen molar-refractivity contribution in [3.63, 3.8) is 0 Å². The second-order valence-electron chi connectivity index (χ2n) is 3.58. The first-order valence-electron chi connectivity index (χ1n) is 4.56. The van der Waals surface area contributed by atoms with Crippen molar-refractivity contribution in [2.24, 2.45) is 0 Å². The van der Waals surface area contributed by atoms with Crippen LogP contribution in [0.3, 0.4) is 0 Å². The molecular weight excluding hydrogens is 318 g/mol. The standard InChI is InChI=1S/C10H9F3IN/c11-10(12,13)9-2-1-7-3-4-15(14)6-8(7)5-9/h1-2,5H,3-4,6H2. The van der Waals surface area contributed by atoms with Gasteiger partial charge in [0.2, 0.25) is 0 Å². The summed E-state index contributed by atoms with van der Waals surface area (Å²) >= 11 is 2.14. The van der Waals surface area contributed by atoms with Gasteiger partial charge in [-0.05, 0) is 29.7 Å². The quantitative estimate of drug-likeness (QED) is 0.521. The van der Waals surface area contributed by atoms with Gasteiger partial charge in [-0.3, -0.25) is 0 Å². The van der Waals surface area contributed by atoms with Gasteiger partial charge in [0.15, 0.2) is 0 Å². The van der Waals surface area contributed by atoms with Crippen LogP contribution in [-0.2, 0) is 19.1 Å². The van der Waals surface area contributed by atoms with Crippen molar-refractivity contribution in [2.45, 2.75) is 19.1 Å². The van der Waals surface area contributed by atoms with E-state index in [0.717, 1.165) is 24.1 Å². The zero-order valence-electron chi connectivity index (χ0n) is 7.81. The van der Waals surface area contributed by atoms with Crippen molar-refractivity contribution in [3.05, 3.63) is 34.9 Å². The van der Waals surface area contributed by atoms with E-state index in [1.807, 2.05) is 3.11 Å². The molecule has 1 aliphatic heterocycles. The molecule has 0 N–H and O–H groups in total. The molecule has 5 heteroatoms. The number of hydrogen-bond acceptors (Lipinski definition) is 1. The maximum atomic E-state index is 12.4.